The molecule has 18 heavy (non-hydrogen) atoms. The Morgan fingerprint density at radius 1 is 1.33 bits per heavy atom. The molecule has 1 aromatic rings. The highest BCUT2D eigenvalue weighted by Gasteiger charge is 2.20. The minimum atomic E-state index is -0.501. The maximum absolute atomic E-state index is 12.0. The highest BCUT2D eigenvalue weighted by atomic mass is 35.5. The number of carbonyl (C=O) groups is 1. The maximum atomic E-state index is 12.0. The van der Waals surface area contributed by atoms with Gasteiger partial charge in [-0.2, -0.15) is 0 Å². The second-order valence-corrected chi connectivity index (χ2v) is 4.67. The van der Waals surface area contributed by atoms with E-state index in [0.717, 1.165) is 6.42 Å². The lowest BCUT2D eigenvalue weighted by Gasteiger charge is -2.20. The monoisotopic (exact) mass is 269 g/mol. The van der Waals surface area contributed by atoms with Crippen molar-refractivity contribution in [1.29, 1.82) is 0 Å². The number of ether oxygens (including phenoxy) is 1. The first-order chi connectivity index (χ1) is 8.58. The lowest BCUT2D eigenvalue weighted by molar-refractivity contribution is -0.128. The molecule has 0 fully saturated rings. The predicted molar refractivity (Wildman–Crippen MR) is 74.1 cm³/mol. The summed E-state index contributed by atoms with van der Waals surface area (Å²) in [5.41, 5.74) is 0. The van der Waals surface area contributed by atoms with Gasteiger partial charge in [0.25, 0.3) is 5.91 Å². The number of rotatable bonds is 6. The average Bonchev–Trinajstić information content (AvgIpc) is 2.37. The molecular weight excluding hydrogens is 250 g/mol. The van der Waals surface area contributed by atoms with Gasteiger partial charge in [-0.15, -0.1) is 0 Å². The number of carbonyl (C=O) groups excluding carboxylic acids is 1. The zero-order valence-corrected chi connectivity index (χ0v) is 11.8. The van der Waals surface area contributed by atoms with Crippen LogP contribution in [-0.4, -0.2) is 18.1 Å². The summed E-state index contributed by atoms with van der Waals surface area (Å²) in [4.78, 5) is 12.0. The van der Waals surface area contributed by atoms with Crippen LogP contribution >= 0.6 is 11.6 Å². The van der Waals surface area contributed by atoms with Crippen molar-refractivity contribution in [2.45, 2.75) is 45.8 Å². The van der Waals surface area contributed by atoms with Crippen LogP contribution in [0, 0.1) is 0 Å². The van der Waals surface area contributed by atoms with E-state index in [-0.39, 0.29) is 11.9 Å². The Bertz CT molecular complexity index is 395. The van der Waals surface area contributed by atoms with Gasteiger partial charge in [0, 0.05) is 6.04 Å². The predicted octanol–water partition coefficient (Wildman–Crippen LogP) is 3.41. The van der Waals surface area contributed by atoms with Crippen molar-refractivity contribution < 1.29 is 9.53 Å². The first-order valence-corrected chi connectivity index (χ1v) is 6.67. The summed E-state index contributed by atoms with van der Waals surface area (Å²) in [6.07, 6.45) is 1.00. The Hall–Kier alpha value is -1.22. The number of amides is 1. The summed E-state index contributed by atoms with van der Waals surface area (Å²) in [5.74, 6) is 0.456. The van der Waals surface area contributed by atoms with Gasteiger partial charge < -0.3 is 10.1 Å². The van der Waals surface area contributed by atoms with E-state index in [1.54, 1.807) is 12.1 Å². The minimum Gasteiger partial charge on any atom is -0.479 e. The molecule has 0 heterocycles. The van der Waals surface area contributed by atoms with E-state index in [4.69, 9.17) is 16.3 Å². The van der Waals surface area contributed by atoms with Crippen molar-refractivity contribution in [1.82, 2.24) is 5.32 Å². The minimum absolute atomic E-state index is 0.0910. The molecule has 0 radical (unpaired) electrons. The molecule has 4 heteroatoms. The van der Waals surface area contributed by atoms with Gasteiger partial charge in [-0.3, -0.25) is 4.79 Å². The molecule has 0 saturated heterocycles. The molecule has 2 atom stereocenters. The third-order valence-corrected chi connectivity index (χ3v) is 3.08. The van der Waals surface area contributed by atoms with E-state index in [1.807, 2.05) is 32.9 Å². The number of benzene rings is 1. The molecule has 0 spiro atoms. The molecule has 1 aromatic carbocycles. The van der Waals surface area contributed by atoms with Gasteiger partial charge in [-0.1, -0.05) is 37.6 Å². The molecule has 0 aliphatic heterocycles. The van der Waals surface area contributed by atoms with Crippen LogP contribution in [-0.2, 0) is 4.79 Å². The first-order valence-electron chi connectivity index (χ1n) is 6.30. The van der Waals surface area contributed by atoms with Crippen molar-refractivity contribution in [3.8, 4) is 5.75 Å². The van der Waals surface area contributed by atoms with E-state index in [0.29, 0.717) is 17.2 Å². The van der Waals surface area contributed by atoms with Crippen LogP contribution in [0.15, 0.2) is 24.3 Å². The number of hydrogen-bond acceptors (Lipinski definition) is 2. The normalized spacial score (nSPS) is 13.8. The Labute approximate surface area is 113 Å². The van der Waals surface area contributed by atoms with Crippen LogP contribution in [0.1, 0.15) is 33.6 Å². The quantitative estimate of drug-likeness (QED) is 0.859. The van der Waals surface area contributed by atoms with Crippen LogP contribution < -0.4 is 10.1 Å². The number of para-hydroxylation sites is 1. The molecule has 0 aromatic heterocycles. The maximum Gasteiger partial charge on any atom is 0.261 e. The largest absolute Gasteiger partial charge is 0.479 e. The highest BCUT2D eigenvalue weighted by Crippen LogP contribution is 2.24. The number of hydrogen-bond donors (Lipinski definition) is 1. The van der Waals surface area contributed by atoms with Crippen LogP contribution in [0.25, 0.3) is 0 Å². The van der Waals surface area contributed by atoms with Crippen molar-refractivity contribution >= 4 is 17.5 Å². The van der Waals surface area contributed by atoms with Crippen molar-refractivity contribution in [2.24, 2.45) is 0 Å². The first kappa shape index (κ1) is 14.8. The van der Waals surface area contributed by atoms with Crippen molar-refractivity contribution in [2.75, 3.05) is 0 Å². The van der Waals surface area contributed by atoms with E-state index < -0.39 is 6.10 Å². The molecule has 0 aliphatic carbocycles. The summed E-state index contributed by atoms with van der Waals surface area (Å²) in [7, 11) is 0. The summed E-state index contributed by atoms with van der Waals surface area (Å²) in [5, 5.41) is 3.43. The standard InChI is InChI=1S/C14H20ClNO2/c1-4-10(3)16-14(17)12(5-2)18-13-9-7-6-8-11(13)15/h6-10,12H,4-5H2,1-3H3,(H,16,17)/t10-,12-/m1/s1. The lowest BCUT2D eigenvalue weighted by Crippen LogP contribution is -2.42. The van der Waals surface area contributed by atoms with Gasteiger partial charge in [-0.25, -0.2) is 0 Å². The fraction of sp³-hybridized carbons (Fsp3) is 0.500. The molecule has 0 aliphatic rings. The second-order valence-electron chi connectivity index (χ2n) is 4.26. The van der Waals surface area contributed by atoms with Gasteiger partial charge in [-0.05, 0) is 31.9 Å². The van der Waals surface area contributed by atoms with E-state index in [2.05, 4.69) is 5.32 Å². The van der Waals surface area contributed by atoms with Crippen molar-refractivity contribution in [3.05, 3.63) is 29.3 Å². The fourth-order valence-electron chi connectivity index (χ4n) is 1.45. The van der Waals surface area contributed by atoms with Crippen molar-refractivity contribution in [3.63, 3.8) is 0 Å². The van der Waals surface area contributed by atoms with Gasteiger partial charge >= 0.3 is 0 Å². The topological polar surface area (TPSA) is 38.3 Å². The molecule has 100 valence electrons. The molecule has 1 amide bonds. The van der Waals surface area contributed by atoms with Crippen LogP contribution in [0.5, 0.6) is 5.75 Å². The van der Waals surface area contributed by atoms with E-state index >= 15 is 0 Å². The molecule has 0 saturated carbocycles. The van der Waals surface area contributed by atoms with Gasteiger partial charge in [0.2, 0.25) is 0 Å². The van der Waals surface area contributed by atoms with E-state index in [9.17, 15) is 4.79 Å². The molecule has 0 bridgehead atoms. The smallest absolute Gasteiger partial charge is 0.261 e. The highest BCUT2D eigenvalue weighted by molar-refractivity contribution is 6.32. The Balaban J connectivity index is 2.67. The zero-order valence-electron chi connectivity index (χ0n) is 11.1. The Kier molecular flexibility index (Phi) is 5.99. The van der Waals surface area contributed by atoms with E-state index in [1.165, 1.54) is 0 Å². The van der Waals surface area contributed by atoms with Crippen LogP contribution in [0.4, 0.5) is 0 Å². The number of nitrogens with one attached hydrogen (secondary N) is 1. The summed E-state index contributed by atoms with van der Waals surface area (Å²) in [6.45, 7) is 5.92. The molecule has 0 unspecified atom stereocenters. The van der Waals surface area contributed by atoms with Gasteiger partial charge in [0.15, 0.2) is 6.10 Å². The Morgan fingerprint density at radius 3 is 2.56 bits per heavy atom. The lowest BCUT2D eigenvalue weighted by atomic mass is 10.2. The van der Waals surface area contributed by atoms with Crippen LogP contribution in [0.3, 0.4) is 0 Å². The third kappa shape index (κ3) is 4.22. The summed E-state index contributed by atoms with van der Waals surface area (Å²) >= 11 is 6.01. The summed E-state index contributed by atoms with van der Waals surface area (Å²) in [6, 6.07) is 7.33. The summed E-state index contributed by atoms with van der Waals surface area (Å²) < 4.78 is 5.66. The molecule has 1 rings (SSSR count). The Morgan fingerprint density at radius 2 is 2.00 bits per heavy atom. The number of halogens is 1. The SMILES string of the molecule is CC[C@@H](C)NC(=O)[C@@H](CC)Oc1ccccc1Cl. The second kappa shape index (κ2) is 7.27. The zero-order chi connectivity index (χ0) is 13.5. The molecular formula is C14H20ClNO2. The molecule has 3 nitrogen and oxygen atoms in total. The van der Waals surface area contributed by atoms with Gasteiger partial charge in [0.05, 0.1) is 5.02 Å². The third-order valence-electron chi connectivity index (χ3n) is 2.77. The fourth-order valence-corrected chi connectivity index (χ4v) is 1.63. The van der Waals surface area contributed by atoms with Crippen LogP contribution in [0.2, 0.25) is 5.02 Å². The van der Waals surface area contributed by atoms with Gasteiger partial charge in [0.1, 0.15) is 5.75 Å². The average molecular weight is 270 g/mol. The molecule has 1 N–H and O–H groups in total.